The van der Waals surface area contributed by atoms with E-state index in [1.165, 1.54) is 7.11 Å². The lowest BCUT2D eigenvalue weighted by Crippen LogP contribution is -2.35. The highest BCUT2D eigenvalue weighted by Gasteiger charge is 2.34. The van der Waals surface area contributed by atoms with E-state index in [-0.39, 0.29) is 37.2 Å². The molecule has 0 spiro atoms. The minimum absolute atomic E-state index is 0.00651. The van der Waals surface area contributed by atoms with Crippen molar-refractivity contribution in [2.45, 2.75) is 12.5 Å². The van der Waals surface area contributed by atoms with Gasteiger partial charge in [0.05, 0.1) is 24.3 Å². The number of nitrogens with one attached hydrogen (secondary N) is 1. The van der Waals surface area contributed by atoms with Gasteiger partial charge in [0.15, 0.2) is 0 Å². The lowest BCUT2D eigenvalue weighted by molar-refractivity contribution is -0.121. The fourth-order valence-corrected chi connectivity index (χ4v) is 2.92. The highest BCUT2D eigenvalue weighted by Crippen LogP contribution is 2.22. The van der Waals surface area contributed by atoms with Gasteiger partial charge in [0.25, 0.3) is 11.8 Å². The summed E-state index contributed by atoms with van der Waals surface area (Å²) in [7, 11) is 1.53. The van der Waals surface area contributed by atoms with Crippen molar-refractivity contribution in [1.29, 1.82) is 0 Å². The van der Waals surface area contributed by atoms with E-state index in [1.54, 1.807) is 48.5 Å². The summed E-state index contributed by atoms with van der Waals surface area (Å²) >= 11 is 0. The predicted octanol–water partition coefficient (Wildman–Crippen LogP) is 1.53. The van der Waals surface area contributed by atoms with Gasteiger partial charge < -0.3 is 15.2 Å². The van der Waals surface area contributed by atoms with Gasteiger partial charge in [-0.2, -0.15) is 0 Å². The molecular formula is C20H20N2O5. The van der Waals surface area contributed by atoms with Crippen molar-refractivity contribution >= 4 is 17.7 Å². The fraction of sp³-hybridized carbons (Fsp3) is 0.250. The Hall–Kier alpha value is -3.19. The minimum atomic E-state index is -0.886. The average Bonchev–Trinajstić information content (AvgIpc) is 2.95. The molecule has 1 aliphatic heterocycles. The molecule has 0 fully saturated rings. The third kappa shape index (κ3) is 3.98. The second-order valence-corrected chi connectivity index (χ2v) is 6.15. The van der Waals surface area contributed by atoms with Crippen LogP contribution in [0.5, 0.6) is 5.75 Å². The Kier molecular flexibility index (Phi) is 5.52. The van der Waals surface area contributed by atoms with Crippen LogP contribution >= 0.6 is 0 Å². The number of amides is 3. The van der Waals surface area contributed by atoms with Crippen LogP contribution < -0.4 is 10.1 Å². The molecule has 3 amide bonds. The average molecular weight is 368 g/mol. The molecule has 0 bridgehead atoms. The van der Waals surface area contributed by atoms with E-state index >= 15 is 0 Å². The number of nitrogens with zero attached hydrogens (tertiary/aromatic N) is 1. The molecule has 140 valence electrons. The van der Waals surface area contributed by atoms with Crippen LogP contribution in [0, 0.1) is 0 Å². The zero-order chi connectivity index (χ0) is 19.4. The van der Waals surface area contributed by atoms with Crippen LogP contribution in [0.4, 0.5) is 0 Å². The lowest BCUT2D eigenvalue weighted by Gasteiger charge is -2.15. The van der Waals surface area contributed by atoms with Gasteiger partial charge in [-0.3, -0.25) is 19.3 Å². The van der Waals surface area contributed by atoms with Crippen LogP contribution in [0.3, 0.4) is 0 Å². The molecule has 0 aliphatic carbocycles. The highest BCUT2D eigenvalue weighted by molar-refractivity contribution is 6.21. The van der Waals surface area contributed by atoms with Crippen molar-refractivity contribution < 1.29 is 24.2 Å². The molecule has 0 radical (unpaired) electrons. The van der Waals surface area contributed by atoms with Crippen molar-refractivity contribution in [2.75, 3.05) is 20.2 Å². The van der Waals surface area contributed by atoms with Gasteiger partial charge in [-0.25, -0.2) is 0 Å². The highest BCUT2D eigenvalue weighted by atomic mass is 16.5. The van der Waals surface area contributed by atoms with E-state index in [1.807, 2.05) is 0 Å². The Morgan fingerprint density at radius 1 is 1.11 bits per heavy atom. The number of fused-ring (bicyclic) bond motifs is 1. The predicted molar refractivity (Wildman–Crippen MR) is 97.4 cm³/mol. The number of hydrogen-bond donors (Lipinski definition) is 2. The van der Waals surface area contributed by atoms with Crippen LogP contribution in [0.2, 0.25) is 0 Å². The molecule has 27 heavy (non-hydrogen) atoms. The fourth-order valence-electron chi connectivity index (χ4n) is 2.92. The van der Waals surface area contributed by atoms with Gasteiger partial charge in [0.1, 0.15) is 5.75 Å². The first kappa shape index (κ1) is 18.6. The number of carbonyl (C=O) groups is 3. The quantitative estimate of drug-likeness (QED) is 0.723. The summed E-state index contributed by atoms with van der Waals surface area (Å²) in [4.78, 5) is 37.6. The summed E-state index contributed by atoms with van der Waals surface area (Å²) < 4.78 is 5.11. The molecule has 2 N–H and O–H groups in total. The van der Waals surface area contributed by atoms with Gasteiger partial charge in [0, 0.05) is 19.5 Å². The van der Waals surface area contributed by atoms with Crippen molar-refractivity contribution in [2.24, 2.45) is 0 Å². The molecule has 2 aromatic carbocycles. The lowest BCUT2D eigenvalue weighted by atomic mass is 10.1. The van der Waals surface area contributed by atoms with Crippen LogP contribution in [0.25, 0.3) is 0 Å². The molecule has 0 saturated carbocycles. The second-order valence-electron chi connectivity index (χ2n) is 6.15. The second kappa shape index (κ2) is 8.01. The zero-order valence-corrected chi connectivity index (χ0v) is 14.8. The van der Waals surface area contributed by atoms with E-state index in [4.69, 9.17) is 4.74 Å². The van der Waals surface area contributed by atoms with Gasteiger partial charge in [-0.1, -0.05) is 24.3 Å². The molecule has 2 aromatic rings. The standard InChI is InChI=1S/C20H20N2O5/c1-27-14-6-4-5-13(11-14)17(23)12-21-18(24)9-10-22-19(25)15-7-2-3-8-16(15)20(22)26/h2-8,11,17,23H,9-10,12H2,1H3,(H,21,24). The first-order valence-corrected chi connectivity index (χ1v) is 8.55. The molecule has 7 heteroatoms. The monoisotopic (exact) mass is 368 g/mol. The molecular weight excluding hydrogens is 348 g/mol. The van der Waals surface area contributed by atoms with Crippen molar-refractivity contribution in [3.8, 4) is 5.75 Å². The summed E-state index contributed by atoms with van der Waals surface area (Å²) in [6, 6.07) is 13.5. The van der Waals surface area contributed by atoms with Crippen molar-refractivity contribution in [1.82, 2.24) is 10.2 Å². The van der Waals surface area contributed by atoms with Crippen LogP contribution in [-0.4, -0.2) is 47.9 Å². The van der Waals surface area contributed by atoms with E-state index in [0.29, 0.717) is 22.4 Å². The first-order chi connectivity index (χ1) is 13.0. The number of ether oxygens (including phenoxy) is 1. The molecule has 1 aliphatic rings. The first-order valence-electron chi connectivity index (χ1n) is 8.55. The Balaban J connectivity index is 1.50. The summed E-state index contributed by atoms with van der Waals surface area (Å²) in [6.45, 7) is 0.0154. The summed E-state index contributed by atoms with van der Waals surface area (Å²) in [5, 5.41) is 12.8. The maximum absolute atomic E-state index is 12.3. The molecule has 1 atom stereocenters. The minimum Gasteiger partial charge on any atom is -0.497 e. The number of aliphatic hydroxyl groups excluding tert-OH is 1. The number of hydrogen-bond acceptors (Lipinski definition) is 5. The molecule has 0 saturated heterocycles. The number of carbonyl (C=O) groups excluding carboxylic acids is 3. The maximum atomic E-state index is 12.3. The Labute approximate surface area is 156 Å². The van der Waals surface area contributed by atoms with Crippen molar-refractivity contribution in [3.63, 3.8) is 0 Å². The number of methoxy groups -OCH3 is 1. The van der Waals surface area contributed by atoms with Crippen molar-refractivity contribution in [3.05, 3.63) is 65.2 Å². The molecule has 3 rings (SSSR count). The van der Waals surface area contributed by atoms with Crippen LogP contribution in [0.1, 0.15) is 38.8 Å². The largest absolute Gasteiger partial charge is 0.497 e. The Bertz CT molecular complexity index is 845. The van der Waals surface area contributed by atoms with Gasteiger partial charge in [-0.05, 0) is 29.8 Å². The topological polar surface area (TPSA) is 95.9 Å². The smallest absolute Gasteiger partial charge is 0.261 e. The van der Waals surface area contributed by atoms with Gasteiger partial charge in [0.2, 0.25) is 5.91 Å². The van der Waals surface area contributed by atoms with E-state index in [0.717, 1.165) is 4.90 Å². The molecule has 1 heterocycles. The van der Waals surface area contributed by atoms with Gasteiger partial charge >= 0.3 is 0 Å². The number of imide groups is 1. The Morgan fingerprint density at radius 3 is 2.41 bits per heavy atom. The molecule has 1 unspecified atom stereocenters. The number of benzene rings is 2. The third-order valence-electron chi connectivity index (χ3n) is 4.41. The zero-order valence-electron chi connectivity index (χ0n) is 14.8. The van der Waals surface area contributed by atoms with E-state index in [2.05, 4.69) is 5.32 Å². The number of aliphatic hydroxyl groups is 1. The molecule has 0 aromatic heterocycles. The number of rotatable bonds is 7. The Morgan fingerprint density at radius 2 is 1.78 bits per heavy atom. The third-order valence-corrected chi connectivity index (χ3v) is 4.41. The van der Waals surface area contributed by atoms with E-state index in [9.17, 15) is 19.5 Å². The van der Waals surface area contributed by atoms with Crippen LogP contribution in [0.15, 0.2) is 48.5 Å². The van der Waals surface area contributed by atoms with Gasteiger partial charge in [-0.15, -0.1) is 0 Å². The normalized spacial score (nSPS) is 14.1. The maximum Gasteiger partial charge on any atom is 0.261 e. The van der Waals surface area contributed by atoms with Crippen LogP contribution in [-0.2, 0) is 4.79 Å². The summed E-state index contributed by atoms with van der Waals surface area (Å²) in [6.07, 6.45) is -0.917. The SMILES string of the molecule is COc1cccc(C(O)CNC(=O)CCN2C(=O)c3ccccc3C2=O)c1. The molecule has 7 nitrogen and oxygen atoms in total. The van der Waals surface area contributed by atoms with E-state index < -0.39 is 6.10 Å². The summed E-state index contributed by atoms with van der Waals surface area (Å²) in [5.74, 6) is -0.517. The summed E-state index contributed by atoms with van der Waals surface area (Å²) in [5.41, 5.74) is 1.34.